The summed E-state index contributed by atoms with van der Waals surface area (Å²) in [7, 11) is 0. The van der Waals surface area contributed by atoms with Gasteiger partial charge in [-0.05, 0) is 139 Å². The van der Waals surface area contributed by atoms with Crippen molar-refractivity contribution >= 4 is 10.8 Å². The second-order valence-corrected chi connectivity index (χ2v) is 20.3. The molecule has 0 radical (unpaired) electrons. The first-order valence-electron chi connectivity index (χ1n) is 23.9. The summed E-state index contributed by atoms with van der Waals surface area (Å²) in [6.07, 6.45) is 6.55. The number of nitrogens with zero attached hydrogens (tertiary/aromatic N) is 3. The molecule has 0 N–H and O–H groups in total. The van der Waals surface area contributed by atoms with Gasteiger partial charge in [0, 0.05) is 27.5 Å². The van der Waals surface area contributed by atoms with Crippen LogP contribution in [0.15, 0.2) is 176 Å². The summed E-state index contributed by atoms with van der Waals surface area (Å²) >= 11 is 0. The predicted molar refractivity (Wildman–Crippen MR) is 265 cm³/mol. The second-order valence-electron chi connectivity index (χ2n) is 20.3. The van der Waals surface area contributed by atoms with E-state index in [1.165, 1.54) is 98.7 Å². The Morgan fingerprint density at radius 3 is 1.40 bits per heavy atom. The Bertz CT molecular complexity index is 3390. The first kappa shape index (κ1) is 37.4. The second kappa shape index (κ2) is 13.8. The molecule has 0 amide bonds. The summed E-state index contributed by atoms with van der Waals surface area (Å²) in [4.78, 5) is 16.5. The molecule has 1 spiro atoms. The Labute approximate surface area is 381 Å². The molecule has 1 aromatic heterocycles. The Morgan fingerprint density at radius 1 is 0.338 bits per heavy atom. The molecule has 1 heterocycles. The van der Waals surface area contributed by atoms with Crippen LogP contribution < -0.4 is 0 Å². The van der Waals surface area contributed by atoms with E-state index in [9.17, 15) is 0 Å². The third-order valence-electron chi connectivity index (χ3n) is 16.7. The molecule has 6 aliphatic rings. The quantitative estimate of drug-likeness (QED) is 0.173. The third kappa shape index (κ3) is 5.21. The average Bonchev–Trinajstić information content (AvgIpc) is 3.79. The van der Waals surface area contributed by atoms with E-state index in [4.69, 9.17) is 15.0 Å². The maximum atomic E-state index is 5.64. The van der Waals surface area contributed by atoms with Crippen molar-refractivity contribution in [1.82, 2.24) is 15.0 Å². The molecule has 3 heteroatoms. The number of benzene rings is 8. The van der Waals surface area contributed by atoms with Crippen molar-refractivity contribution in [2.45, 2.75) is 56.8 Å². The van der Waals surface area contributed by atoms with Gasteiger partial charge in [0.25, 0.3) is 0 Å². The van der Waals surface area contributed by atoms with Crippen LogP contribution in [0.1, 0.15) is 68.2 Å². The molecule has 8 aromatic carbocycles. The minimum absolute atomic E-state index is 0.127. The van der Waals surface area contributed by atoms with Gasteiger partial charge in [0.2, 0.25) is 0 Å². The Kier molecular flexibility index (Phi) is 7.92. The maximum Gasteiger partial charge on any atom is 0.164 e. The van der Waals surface area contributed by atoms with Crippen LogP contribution in [-0.4, -0.2) is 15.0 Å². The van der Waals surface area contributed by atoms with Crippen molar-refractivity contribution in [3.05, 3.63) is 198 Å². The van der Waals surface area contributed by atoms with Gasteiger partial charge < -0.3 is 0 Å². The minimum atomic E-state index is -0.159. The topological polar surface area (TPSA) is 38.7 Å². The van der Waals surface area contributed by atoms with E-state index >= 15 is 0 Å². The van der Waals surface area contributed by atoms with Gasteiger partial charge in [0.1, 0.15) is 0 Å². The van der Waals surface area contributed by atoms with E-state index in [0.29, 0.717) is 23.5 Å². The summed E-state index contributed by atoms with van der Waals surface area (Å²) in [6, 6.07) is 65.0. The fourth-order valence-electron chi connectivity index (χ4n) is 14.5. The number of hydrogen-bond donors (Lipinski definition) is 0. The molecule has 0 unspecified atom stereocenters. The van der Waals surface area contributed by atoms with Crippen LogP contribution in [0.25, 0.3) is 89.4 Å². The van der Waals surface area contributed by atoms with E-state index in [1.54, 1.807) is 5.56 Å². The summed E-state index contributed by atoms with van der Waals surface area (Å²) in [5.41, 5.74) is 19.5. The van der Waals surface area contributed by atoms with Crippen LogP contribution in [-0.2, 0) is 10.8 Å². The molecule has 6 aliphatic carbocycles. The van der Waals surface area contributed by atoms with Gasteiger partial charge in [-0.2, -0.15) is 0 Å². The molecular formula is C62H49N3. The molecule has 4 fully saturated rings. The lowest BCUT2D eigenvalue weighted by Crippen LogP contribution is -2.55. The Morgan fingerprint density at radius 2 is 0.769 bits per heavy atom. The first-order valence-corrected chi connectivity index (χ1v) is 23.9. The number of rotatable bonds is 5. The third-order valence-corrected chi connectivity index (χ3v) is 16.7. The molecule has 3 nitrogen and oxygen atoms in total. The van der Waals surface area contributed by atoms with Crippen LogP contribution in [0.3, 0.4) is 0 Å². The first-order chi connectivity index (χ1) is 32.0. The molecule has 65 heavy (non-hydrogen) atoms. The molecule has 312 valence electrons. The van der Waals surface area contributed by atoms with Crippen LogP contribution in [0.5, 0.6) is 0 Å². The molecule has 9 aromatic rings. The summed E-state index contributed by atoms with van der Waals surface area (Å²) in [5.74, 6) is 4.90. The van der Waals surface area contributed by atoms with Crippen molar-refractivity contribution in [1.29, 1.82) is 0 Å². The SMILES string of the molecule is CC1(C)c2ccccc2-c2cccc(-c3cccc4c3C3(c5c(-c6nc(-c7ccccc7)nc(-c7ccc(-c8ccccc8)c8ccccc78)n6)cccc5-4)C4CC5CC(C4)CC3C5)c21. The largest absolute Gasteiger partial charge is 0.208 e. The lowest BCUT2D eigenvalue weighted by Gasteiger charge is -2.61. The zero-order valence-electron chi connectivity index (χ0n) is 36.9. The molecular weight excluding hydrogens is 787 g/mol. The Hall–Kier alpha value is -6.97. The highest BCUT2D eigenvalue weighted by molar-refractivity contribution is 6.04. The van der Waals surface area contributed by atoms with E-state index in [1.807, 2.05) is 0 Å². The van der Waals surface area contributed by atoms with Crippen LogP contribution in [0, 0.1) is 23.7 Å². The van der Waals surface area contributed by atoms with Gasteiger partial charge in [-0.3, -0.25) is 0 Å². The number of fused-ring (bicyclic) bond motifs is 7. The zero-order valence-corrected chi connectivity index (χ0v) is 36.9. The van der Waals surface area contributed by atoms with Crippen LogP contribution in [0.2, 0.25) is 0 Å². The predicted octanol–water partition coefficient (Wildman–Crippen LogP) is 15.4. The lowest BCUT2D eigenvalue weighted by atomic mass is 9.42. The van der Waals surface area contributed by atoms with Crippen molar-refractivity contribution in [2.75, 3.05) is 0 Å². The van der Waals surface area contributed by atoms with E-state index in [2.05, 4.69) is 190 Å². The fraction of sp³-hybridized carbons (Fsp3) is 0.210. The maximum absolute atomic E-state index is 5.64. The molecule has 0 saturated heterocycles. The normalized spacial score (nSPS) is 22.5. The zero-order chi connectivity index (χ0) is 43.0. The smallest absolute Gasteiger partial charge is 0.164 e. The summed E-state index contributed by atoms with van der Waals surface area (Å²) in [5, 5.41) is 2.33. The van der Waals surface area contributed by atoms with E-state index < -0.39 is 0 Å². The minimum Gasteiger partial charge on any atom is -0.208 e. The van der Waals surface area contributed by atoms with Crippen molar-refractivity contribution in [3.8, 4) is 78.7 Å². The summed E-state index contributed by atoms with van der Waals surface area (Å²) in [6.45, 7) is 4.88. The lowest BCUT2D eigenvalue weighted by molar-refractivity contribution is -0.0395. The van der Waals surface area contributed by atoms with Gasteiger partial charge in [0.15, 0.2) is 17.5 Å². The number of hydrogen-bond acceptors (Lipinski definition) is 3. The summed E-state index contributed by atoms with van der Waals surface area (Å²) < 4.78 is 0. The highest BCUT2D eigenvalue weighted by Gasteiger charge is 2.63. The van der Waals surface area contributed by atoms with Crippen LogP contribution >= 0.6 is 0 Å². The van der Waals surface area contributed by atoms with Gasteiger partial charge in [0.05, 0.1) is 0 Å². The molecule has 0 aliphatic heterocycles. The van der Waals surface area contributed by atoms with E-state index in [-0.39, 0.29) is 10.8 Å². The monoisotopic (exact) mass is 835 g/mol. The van der Waals surface area contributed by atoms with Gasteiger partial charge >= 0.3 is 0 Å². The van der Waals surface area contributed by atoms with Crippen molar-refractivity contribution in [3.63, 3.8) is 0 Å². The fourth-order valence-corrected chi connectivity index (χ4v) is 14.5. The highest BCUT2D eigenvalue weighted by Crippen LogP contribution is 2.72. The van der Waals surface area contributed by atoms with Crippen molar-refractivity contribution in [2.24, 2.45) is 23.7 Å². The number of aromatic nitrogens is 3. The molecule has 4 saturated carbocycles. The average molecular weight is 836 g/mol. The molecule has 4 bridgehead atoms. The van der Waals surface area contributed by atoms with Crippen molar-refractivity contribution < 1.29 is 0 Å². The standard InChI is InChI=1S/C62H49N3/c1-61(2)54-29-12-11-22-46(54)47-23-13-24-48(55(47)61)49-25-14-26-50-51-27-15-28-53(57(51)62(56(49)50)41-33-37-32-38(35-41)36-42(62)34-37)60-64-58(40-18-7-4-8-19-40)63-59(65-60)52-31-30-43(39-16-5-3-6-17-39)44-20-9-10-21-45(44)52/h3-31,37-38,41-42H,32-36H2,1-2H3. The highest BCUT2D eigenvalue weighted by atomic mass is 15.0. The molecule has 0 atom stereocenters. The van der Waals surface area contributed by atoms with Crippen LogP contribution in [0.4, 0.5) is 0 Å². The molecule has 15 rings (SSSR count). The van der Waals surface area contributed by atoms with E-state index in [0.717, 1.165) is 39.7 Å². The van der Waals surface area contributed by atoms with Gasteiger partial charge in [-0.1, -0.05) is 184 Å². The van der Waals surface area contributed by atoms with Gasteiger partial charge in [-0.25, -0.2) is 15.0 Å². The Balaban J connectivity index is 1.03. The van der Waals surface area contributed by atoms with Gasteiger partial charge in [-0.15, -0.1) is 0 Å².